The van der Waals surface area contributed by atoms with Gasteiger partial charge in [0.1, 0.15) is 0 Å². The van der Waals surface area contributed by atoms with Crippen LogP contribution < -0.4 is 5.73 Å². The fourth-order valence-corrected chi connectivity index (χ4v) is 2.11. The van der Waals surface area contributed by atoms with Crippen LogP contribution >= 0.6 is 0 Å². The molecule has 114 valence electrons. The molecule has 0 unspecified atom stereocenters. The molecule has 0 aliphatic heterocycles. The predicted octanol–water partition coefficient (Wildman–Crippen LogP) is 4.34. The molecule has 0 saturated carbocycles. The Kier molecular flexibility index (Phi) is 4.55. The first-order valence-corrected chi connectivity index (χ1v) is 6.92. The van der Waals surface area contributed by atoms with Crippen LogP contribution in [0.1, 0.15) is 31.7 Å². The highest BCUT2D eigenvalue weighted by atomic mass is 19.4. The third kappa shape index (κ3) is 3.77. The van der Waals surface area contributed by atoms with E-state index in [4.69, 9.17) is 5.73 Å². The van der Waals surface area contributed by atoms with Gasteiger partial charge in [0.2, 0.25) is 5.95 Å². The van der Waals surface area contributed by atoms with E-state index in [0.717, 1.165) is 37.9 Å². The summed E-state index contributed by atoms with van der Waals surface area (Å²) in [6.07, 6.45) is 0.682. The van der Waals surface area contributed by atoms with E-state index < -0.39 is 11.7 Å². The number of benzene rings is 1. The van der Waals surface area contributed by atoms with Gasteiger partial charge < -0.3 is 10.3 Å². The molecule has 6 heteroatoms. The standard InChI is InChI=1S/C15H18F3N3/c1-2-3-4-9-21-10-13(20-14(21)19)11-5-7-12(8-6-11)15(16,17)18/h5-8,10H,2-4,9H2,1H3,(H2,19,20). The van der Waals surface area contributed by atoms with Crippen molar-refractivity contribution in [2.75, 3.05) is 5.73 Å². The molecule has 0 aliphatic rings. The van der Waals surface area contributed by atoms with E-state index in [1.165, 1.54) is 12.1 Å². The number of alkyl halides is 3. The van der Waals surface area contributed by atoms with Crippen LogP contribution in [0.2, 0.25) is 0 Å². The molecule has 0 atom stereocenters. The average Bonchev–Trinajstić information content (AvgIpc) is 2.80. The lowest BCUT2D eigenvalue weighted by Crippen LogP contribution is -2.03. The lowest BCUT2D eigenvalue weighted by molar-refractivity contribution is -0.137. The van der Waals surface area contributed by atoms with Gasteiger partial charge >= 0.3 is 6.18 Å². The number of hydrogen-bond donors (Lipinski definition) is 1. The lowest BCUT2D eigenvalue weighted by Gasteiger charge is -2.06. The highest BCUT2D eigenvalue weighted by molar-refractivity contribution is 5.60. The van der Waals surface area contributed by atoms with Crippen molar-refractivity contribution in [2.24, 2.45) is 0 Å². The Hall–Kier alpha value is -1.98. The molecule has 1 aromatic carbocycles. The summed E-state index contributed by atoms with van der Waals surface area (Å²) in [7, 11) is 0. The zero-order valence-electron chi connectivity index (χ0n) is 11.8. The maximum atomic E-state index is 12.5. The topological polar surface area (TPSA) is 43.8 Å². The van der Waals surface area contributed by atoms with Crippen molar-refractivity contribution in [1.82, 2.24) is 9.55 Å². The molecule has 2 rings (SSSR count). The summed E-state index contributed by atoms with van der Waals surface area (Å²) in [5.74, 6) is 0.390. The molecular formula is C15H18F3N3. The fraction of sp³-hybridized carbons (Fsp3) is 0.400. The van der Waals surface area contributed by atoms with Gasteiger partial charge in [0.15, 0.2) is 0 Å². The second kappa shape index (κ2) is 6.20. The Morgan fingerprint density at radius 3 is 2.38 bits per heavy atom. The van der Waals surface area contributed by atoms with Gasteiger partial charge in [-0.15, -0.1) is 0 Å². The number of aryl methyl sites for hydroxylation is 1. The maximum absolute atomic E-state index is 12.5. The van der Waals surface area contributed by atoms with Gasteiger partial charge in [-0.2, -0.15) is 13.2 Å². The number of nitrogens with two attached hydrogens (primary N) is 1. The molecule has 0 bridgehead atoms. The Morgan fingerprint density at radius 2 is 1.81 bits per heavy atom. The van der Waals surface area contributed by atoms with Crippen molar-refractivity contribution in [3.63, 3.8) is 0 Å². The minimum absolute atomic E-state index is 0.390. The van der Waals surface area contributed by atoms with Crippen LogP contribution in [0.4, 0.5) is 19.1 Å². The number of nitrogens with zero attached hydrogens (tertiary/aromatic N) is 2. The third-order valence-electron chi connectivity index (χ3n) is 3.32. The van der Waals surface area contributed by atoms with Crippen molar-refractivity contribution in [2.45, 2.75) is 38.9 Å². The predicted molar refractivity (Wildman–Crippen MR) is 76.6 cm³/mol. The van der Waals surface area contributed by atoms with Crippen molar-refractivity contribution >= 4 is 5.95 Å². The molecule has 3 nitrogen and oxygen atoms in total. The summed E-state index contributed by atoms with van der Waals surface area (Å²) >= 11 is 0. The number of halogens is 3. The van der Waals surface area contributed by atoms with E-state index in [1.54, 1.807) is 6.20 Å². The summed E-state index contributed by atoms with van der Waals surface area (Å²) in [4.78, 5) is 4.21. The molecule has 1 heterocycles. The van der Waals surface area contributed by atoms with Crippen LogP contribution in [-0.2, 0) is 12.7 Å². The van der Waals surface area contributed by atoms with Gasteiger partial charge in [-0.3, -0.25) is 0 Å². The maximum Gasteiger partial charge on any atom is 0.416 e. The van der Waals surface area contributed by atoms with Crippen LogP contribution in [0.15, 0.2) is 30.5 Å². The first kappa shape index (κ1) is 15.4. The number of hydrogen-bond acceptors (Lipinski definition) is 2. The second-order valence-corrected chi connectivity index (χ2v) is 4.96. The van der Waals surface area contributed by atoms with Crippen LogP contribution in [0, 0.1) is 0 Å². The van der Waals surface area contributed by atoms with Crippen LogP contribution in [0.25, 0.3) is 11.3 Å². The summed E-state index contributed by atoms with van der Waals surface area (Å²) in [5.41, 5.74) is 6.39. The van der Waals surface area contributed by atoms with E-state index >= 15 is 0 Å². The van der Waals surface area contributed by atoms with E-state index in [2.05, 4.69) is 11.9 Å². The monoisotopic (exact) mass is 297 g/mol. The van der Waals surface area contributed by atoms with Crippen molar-refractivity contribution in [1.29, 1.82) is 0 Å². The summed E-state index contributed by atoms with van der Waals surface area (Å²) in [6, 6.07) is 4.95. The smallest absolute Gasteiger partial charge is 0.369 e. The SMILES string of the molecule is CCCCCn1cc(-c2ccc(C(F)(F)F)cc2)nc1N. The number of imidazole rings is 1. The zero-order valence-corrected chi connectivity index (χ0v) is 11.8. The molecule has 0 aliphatic carbocycles. The Balaban J connectivity index is 2.17. The van der Waals surface area contributed by atoms with Crippen molar-refractivity contribution < 1.29 is 13.2 Å². The van der Waals surface area contributed by atoms with Crippen LogP contribution in [0.5, 0.6) is 0 Å². The molecule has 0 amide bonds. The van der Waals surface area contributed by atoms with Gasteiger partial charge in [-0.1, -0.05) is 31.9 Å². The molecule has 0 spiro atoms. The molecule has 21 heavy (non-hydrogen) atoms. The minimum Gasteiger partial charge on any atom is -0.369 e. The summed E-state index contributed by atoms with van der Waals surface area (Å²) in [5, 5.41) is 0. The van der Waals surface area contributed by atoms with E-state index in [1.807, 2.05) is 4.57 Å². The molecule has 2 aromatic rings. The van der Waals surface area contributed by atoms with Gasteiger partial charge in [-0.25, -0.2) is 4.98 Å². The highest BCUT2D eigenvalue weighted by Gasteiger charge is 2.30. The third-order valence-corrected chi connectivity index (χ3v) is 3.32. The quantitative estimate of drug-likeness (QED) is 0.834. The molecule has 2 N–H and O–H groups in total. The van der Waals surface area contributed by atoms with Crippen LogP contribution in [0.3, 0.4) is 0 Å². The Morgan fingerprint density at radius 1 is 1.14 bits per heavy atom. The van der Waals surface area contributed by atoms with E-state index in [0.29, 0.717) is 17.2 Å². The first-order valence-electron chi connectivity index (χ1n) is 6.92. The second-order valence-electron chi connectivity index (χ2n) is 4.96. The molecule has 0 saturated heterocycles. The minimum atomic E-state index is -4.32. The van der Waals surface area contributed by atoms with Gasteiger partial charge in [0.25, 0.3) is 0 Å². The Labute approximate surface area is 121 Å². The number of unbranched alkanes of at least 4 members (excludes halogenated alkanes) is 2. The van der Waals surface area contributed by atoms with Crippen molar-refractivity contribution in [3.8, 4) is 11.3 Å². The largest absolute Gasteiger partial charge is 0.416 e. The summed E-state index contributed by atoms with van der Waals surface area (Å²) < 4.78 is 39.4. The molecule has 1 aromatic heterocycles. The number of aromatic nitrogens is 2. The fourth-order valence-electron chi connectivity index (χ4n) is 2.11. The summed E-state index contributed by atoms with van der Waals surface area (Å²) in [6.45, 7) is 2.89. The zero-order chi connectivity index (χ0) is 15.5. The number of rotatable bonds is 5. The first-order chi connectivity index (χ1) is 9.91. The Bertz CT molecular complexity index is 585. The normalized spacial score (nSPS) is 11.8. The van der Waals surface area contributed by atoms with E-state index in [9.17, 15) is 13.2 Å². The van der Waals surface area contributed by atoms with Crippen LogP contribution in [-0.4, -0.2) is 9.55 Å². The molecule has 0 radical (unpaired) electrons. The number of anilines is 1. The lowest BCUT2D eigenvalue weighted by atomic mass is 10.1. The number of nitrogen functional groups attached to an aromatic ring is 1. The molecule has 0 fully saturated rings. The molecular weight excluding hydrogens is 279 g/mol. The average molecular weight is 297 g/mol. The van der Waals surface area contributed by atoms with Crippen molar-refractivity contribution in [3.05, 3.63) is 36.0 Å². The van der Waals surface area contributed by atoms with Gasteiger partial charge in [0, 0.05) is 18.3 Å². The van der Waals surface area contributed by atoms with E-state index in [-0.39, 0.29) is 0 Å². The van der Waals surface area contributed by atoms with Gasteiger partial charge in [0.05, 0.1) is 11.3 Å². The van der Waals surface area contributed by atoms with Gasteiger partial charge in [-0.05, 0) is 18.6 Å². The highest BCUT2D eigenvalue weighted by Crippen LogP contribution is 2.30.